The van der Waals surface area contributed by atoms with Gasteiger partial charge in [-0.3, -0.25) is 4.90 Å². The van der Waals surface area contributed by atoms with E-state index in [0.29, 0.717) is 5.92 Å². The topological polar surface area (TPSA) is 29.3 Å². The summed E-state index contributed by atoms with van der Waals surface area (Å²) in [6.07, 6.45) is 2.27. The predicted molar refractivity (Wildman–Crippen MR) is 77.8 cm³/mol. The molecular weight excluding hydrogens is 263 g/mol. The van der Waals surface area contributed by atoms with Gasteiger partial charge in [0, 0.05) is 12.1 Å². The van der Waals surface area contributed by atoms with Crippen molar-refractivity contribution in [2.75, 3.05) is 13.1 Å². The first kappa shape index (κ1) is 14.8. The third-order valence-corrected chi connectivity index (χ3v) is 4.58. The van der Waals surface area contributed by atoms with Gasteiger partial charge in [0.2, 0.25) is 0 Å². The van der Waals surface area contributed by atoms with Gasteiger partial charge in [-0.2, -0.15) is 0 Å². The highest BCUT2D eigenvalue weighted by Crippen LogP contribution is 2.29. The minimum absolute atomic E-state index is 0.204. The van der Waals surface area contributed by atoms with Crippen LogP contribution in [-0.4, -0.2) is 24.0 Å². The number of rotatable bonds is 3. The van der Waals surface area contributed by atoms with E-state index >= 15 is 0 Å². The number of piperidine rings is 1. The van der Waals surface area contributed by atoms with Crippen LogP contribution in [-0.2, 0) is 0 Å². The fourth-order valence-corrected chi connectivity index (χ4v) is 3.00. The van der Waals surface area contributed by atoms with Gasteiger partial charge < -0.3 is 5.73 Å². The van der Waals surface area contributed by atoms with E-state index in [1.165, 1.54) is 6.07 Å². The molecule has 2 atom stereocenters. The number of benzene rings is 1. The van der Waals surface area contributed by atoms with Gasteiger partial charge in [0.1, 0.15) is 5.82 Å². The van der Waals surface area contributed by atoms with Crippen molar-refractivity contribution >= 4 is 11.6 Å². The highest BCUT2D eigenvalue weighted by Gasteiger charge is 2.25. The summed E-state index contributed by atoms with van der Waals surface area (Å²) < 4.78 is 13.2. The standard InChI is InChI=1S/C15H22ClFN2/c1-10(18)12-5-7-19(8-6-12)11(2)13-3-4-15(17)14(16)9-13/h3-4,9-12H,5-8,18H2,1-2H3. The van der Waals surface area contributed by atoms with Crippen LogP contribution in [0, 0.1) is 11.7 Å². The monoisotopic (exact) mass is 284 g/mol. The van der Waals surface area contributed by atoms with Crippen LogP contribution in [0.5, 0.6) is 0 Å². The number of nitrogens with two attached hydrogens (primary N) is 1. The van der Waals surface area contributed by atoms with Crippen molar-refractivity contribution in [3.8, 4) is 0 Å². The Bertz CT molecular complexity index is 428. The Labute approximate surface area is 119 Å². The lowest BCUT2D eigenvalue weighted by atomic mass is 9.90. The highest BCUT2D eigenvalue weighted by molar-refractivity contribution is 6.30. The van der Waals surface area contributed by atoms with Gasteiger partial charge in [-0.25, -0.2) is 4.39 Å². The van der Waals surface area contributed by atoms with E-state index in [2.05, 4.69) is 18.7 Å². The number of likely N-dealkylation sites (tertiary alicyclic amines) is 1. The number of hydrogen-bond donors (Lipinski definition) is 1. The van der Waals surface area contributed by atoms with Crippen LogP contribution in [0.4, 0.5) is 4.39 Å². The molecule has 1 aromatic carbocycles. The largest absolute Gasteiger partial charge is 0.328 e. The molecule has 2 N–H and O–H groups in total. The van der Waals surface area contributed by atoms with Crippen LogP contribution in [0.3, 0.4) is 0 Å². The molecule has 2 unspecified atom stereocenters. The Hall–Kier alpha value is -0.640. The molecule has 0 bridgehead atoms. The minimum Gasteiger partial charge on any atom is -0.328 e. The van der Waals surface area contributed by atoms with E-state index in [4.69, 9.17) is 17.3 Å². The van der Waals surface area contributed by atoms with Gasteiger partial charge in [0.15, 0.2) is 0 Å². The third kappa shape index (κ3) is 3.47. The first-order chi connectivity index (χ1) is 8.99. The van der Waals surface area contributed by atoms with Crippen LogP contribution >= 0.6 is 11.6 Å². The molecule has 0 amide bonds. The number of halogens is 2. The van der Waals surface area contributed by atoms with Crippen molar-refractivity contribution in [3.05, 3.63) is 34.6 Å². The maximum absolute atomic E-state index is 13.2. The molecule has 2 nitrogen and oxygen atoms in total. The molecule has 1 saturated heterocycles. The van der Waals surface area contributed by atoms with Gasteiger partial charge in [0.05, 0.1) is 5.02 Å². The van der Waals surface area contributed by atoms with E-state index in [9.17, 15) is 4.39 Å². The third-order valence-electron chi connectivity index (χ3n) is 4.29. The molecule has 2 rings (SSSR count). The fourth-order valence-electron chi connectivity index (χ4n) is 2.82. The summed E-state index contributed by atoms with van der Waals surface area (Å²) in [5.74, 6) is 0.272. The minimum atomic E-state index is -0.353. The van der Waals surface area contributed by atoms with Crippen LogP contribution in [0.15, 0.2) is 18.2 Å². The zero-order valence-corrected chi connectivity index (χ0v) is 12.3. The van der Waals surface area contributed by atoms with Crippen LogP contribution in [0.1, 0.15) is 38.3 Å². The summed E-state index contributed by atoms with van der Waals surface area (Å²) in [7, 11) is 0. The number of nitrogens with zero attached hydrogens (tertiary/aromatic N) is 1. The average molecular weight is 285 g/mol. The SMILES string of the molecule is CC(N)C1CCN(C(C)c2ccc(F)c(Cl)c2)CC1. The summed E-state index contributed by atoms with van der Waals surface area (Å²) in [6.45, 7) is 6.32. The Balaban J connectivity index is 2.01. The van der Waals surface area contributed by atoms with Crippen molar-refractivity contribution in [2.24, 2.45) is 11.7 Å². The summed E-state index contributed by atoms with van der Waals surface area (Å²) in [5, 5.41) is 0.204. The second-order valence-corrected chi connectivity index (χ2v) is 5.99. The van der Waals surface area contributed by atoms with E-state index < -0.39 is 0 Å². The zero-order chi connectivity index (χ0) is 14.0. The summed E-state index contributed by atoms with van der Waals surface area (Å²) in [4.78, 5) is 2.42. The van der Waals surface area contributed by atoms with Crippen LogP contribution in [0.25, 0.3) is 0 Å². The van der Waals surface area contributed by atoms with Gasteiger partial charge in [0.25, 0.3) is 0 Å². The molecular formula is C15H22ClFN2. The molecule has 0 aliphatic carbocycles. The molecule has 1 heterocycles. The van der Waals surface area contributed by atoms with Crippen molar-refractivity contribution in [3.63, 3.8) is 0 Å². The summed E-state index contributed by atoms with van der Waals surface area (Å²) in [6, 6.07) is 5.55. The second kappa shape index (κ2) is 6.21. The molecule has 106 valence electrons. The van der Waals surface area contributed by atoms with Crippen LogP contribution < -0.4 is 5.73 Å². The lowest BCUT2D eigenvalue weighted by Gasteiger charge is -2.37. The molecule has 0 saturated carbocycles. The fraction of sp³-hybridized carbons (Fsp3) is 0.600. The predicted octanol–water partition coefficient (Wildman–Crippen LogP) is 3.60. The molecule has 1 fully saturated rings. The van der Waals surface area contributed by atoms with Crippen LogP contribution in [0.2, 0.25) is 5.02 Å². The summed E-state index contributed by atoms with van der Waals surface area (Å²) in [5.41, 5.74) is 7.03. The van der Waals surface area contributed by atoms with E-state index in [1.54, 1.807) is 6.07 Å². The molecule has 4 heteroatoms. The van der Waals surface area contributed by atoms with Crippen molar-refractivity contribution in [1.29, 1.82) is 0 Å². The van der Waals surface area contributed by atoms with Crippen molar-refractivity contribution in [2.45, 2.75) is 38.8 Å². The highest BCUT2D eigenvalue weighted by atomic mass is 35.5. The number of hydrogen-bond acceptors (Lipinski definition) is 2. The Morgan fingerprint density at radius 3 is 2.47 bits per heavy atom. The van der Waals surface area contributed by atoms with Gasteiger partial charge in [-0.15, -0.1) is 0 Å². The zero-order valence-electron chi connectivity index (χ0n) is 11.6. The molecule has 1 aliphatic heterocycles. The maximum Gasteiger partial charge on any atom is 0.141 e. The van der Waals surface area contributed by atoms with E-state index in [-0.39, 0.29) is 22.9 Å². The molecule has 1 aromatic rings. The Kier molecular flexibility index (Phi) is 4.82. The lowest BCUT2D eigenvalue weighted by Crippen LogP contribution is -2.40. The van der Waals surface area contributed by atoms with E-state index in [1.807, 2.05) is 6.07 Å². The molecule has 0 aromatic heterocycles. The first-order valence-electron chi connectivity index (χ1n) is 6.93. The maximum atomic E-state index is 13.2. The van der Waals surface area contributed by atoms with Gasteiger partial charge >= 0.3 is 0 Å². The van der Waals surface area contributed by atoms with Crippen molar-refractivity contribution in [1.82, 2.24) is 4.90 Å². The quantitative estimate of drug-likeness (QED) is 0.919. The van der Waals surface area contributed by atoms with Crippen molar-refractivity contribution < 1.29 is 4.39 Å². The first-order valence-corrected chi connectivity index (χ1v) is 7.31. The Morgan fingerprint density at radius 2 is 1.95 bits per heavy atom. The average Bonchev–Trinajstić information content (AvgIpc) is 2.41. The summed E-state index contributed by atoms with van der Waals surface area (Å²) >= 11 is 5.85. The Morgan fingerprint density at radius 1 is 1.32 bits per heavy atom. The van der Waals surface area contributed by atoms with Gasteiger partial charge in [-0.05, 0) is 63.4 Å². The smallest absolute Gasteiger partial charge is 0.141 e. The van der Waals surface area contributed by atoms with E-state index in [0.717, 1.165) is 31.5 Å². The second-order valence-electron chi connectivity index (χ2n) is 5.58. The molecule has 1 aliphatic rings. The van der Waals surface area contributed by atoms with Gasteiger partial charge in [-0.1, -0.05) is 17.7 Å². The lowest BCUT2D eigenvalue weighted by molar-refractivity contribution is 0.132. The molecule has 0 radical (unpaired) electrons. The molecule has 19 heavy (non-hydrogen) atoms. The molecule has 0 spiro atoms. The normalized spacial score (nSPS) is 21.3.